The van der Waals surface area contributed by atoms with Crippen LogP contribution in [0.15, 0.2) is 18.2 Å². The Kier molecular flexibility index (Phi) is 5.84. The zero-order valence-corrected chi connectivity index (χ0v) is 13.7. The fourth-order valence-corrected chi connectivity index (χ4v) is 2.83. The first-order chi connectivity index (χ1) is 11.0. The van der Waals surface area contributed by atoms with Crippen LogP contribution in [0.5, 0.6) is 11.5 Å². The molecule has 2 amide bonds. The van der Waals surface area contributed by atoms with E-state index in [2.05, 4.69) is 0 Å². The number of hydrogen-bond acceptors (Lipinski definition) is 4. The Hall–Kier alpha value is -2.24. The number of methoxy groups -OCH3 is 2. The van der Waals surface area contributed by atoms with E-state index >= 15 is 0 Å². The fourth-order valence-electron chi connectivity index (χ4n) is 2.83. The Balaban J connectivity index is 1.88. The first kappa shape index (κ1) is 17.1. The molecule has 0 spiro atoms. The maximum absolute atomic E-state index is 12.3. The van der Waals surface area contributed by atoms with Crippen molar-refractivity contribution in [3.05, 3.63) is 23.8 Å². The summed E-state index contributed by atoms with van der Waals surface area (Å²) in [6, 6.07) is 5.63. The van der Waals surface area contributed by atoms with Crippen molar-refractivity contribution in [3.8, 4) is 11.5 Å². The van der Waals surface area contributed by atoms with E-state index in [0.29, 0.717) is 50.3 Å². The Morgan fingerprint density at radius 2 is 1.70 bits per heavy atom. The standard InChI is InChI=1S/C17H24N2O4/c1-22-14-9-12(10-15(11-14)23-2)3-4-16(20)19-7-5-13(6-8-19)17(18)21/h9-11,13H,3-8H2,1-2H3,(H2,18,21). The second kappa shape index (κ2) is 7.85. The lowest BCUT2D eigenvalue weighted by Gasteiger charge is -2.30. The van der Waals surface area contributed by atoms with Gasteiger partial charge in [-0.2, -0.15) is 0 Å². The molecule has 0 aliphatic carbocycles. The van der Waals surface area contributed by atoms with Crippen molar-refractivity contribution in [2.75, 3.05) is 27.3 Å². The highest BCUT2D eigenvalue weighted by atomic mass is 16.5. The van der Waals surface area contributed by atoms with Crippen LogP contribution >= 0.6 is 0 Å². The van der Waals surface area contributed by atoms with E-state index in [0.717, 1.165) is 5.56 Å². The van der Waals surface area contributed by atoms with Gasteiger partial charge < -0.3 is 20.1 Å². The normalized spacial score (nSPS) is 15.3. The number of nitrogens with zero attached hydrogens (tertiary/aromatic N) is 1. The minimum Gasteiger partial charge on any atom is -0.497 e. The molecule has 0 atom stereocenters. The van der Waals surface area contributed by atoms with Gasteiger partial charge in [-0.15, -0.1) is 0 Å². The number of likely N-dealkylation sites (tertiary alicyclic amines) is 1. The summed E-state index contributed by atoms with van der Waals surface area (Å²) in [4.78, 5) is 25.3. The van der Waals surface area contributed by atoms with Gasteiger partial charge in [0.05, 0.1) is 14.2 Å². The number of amides is 2. The molecule has 6 heteroatoms. The first-order valence-electron chi connectivity index (χ1n) is 7.82. The van der Waals surface area contributed by atoms with Gasteiger partial charge in [0, 0.05) is 31.5 Å². The van der Waals surface area contributed by atoms with Gasteiger partial charge in [0.2, 0.25) is 11.8 Å². The van der Waals surface area contributed by atoms with Crippen LogP contribution in [0.1, 0.15) is 24.8 Å². The van der Waals surface area contributed by atoms with E-state index in [1.165, 1.54) is 0 Å². The number of primary amides is 1. The molecule has 1 aliphatic heterocycles. The molecule has 126 valence electrons. The van der Waals surface area contributed by atoms with Crippen molar-refractivity contribution < 1.29 is 19.1 Å². The third kappa shape index (κ3) is 4.61. The van der Waals surface area contributed by atoms with E-state index in [1.54, 1.807) is 20.3 Å². The lowest BCUT2D eigenvalue weighted by atomic mass is 9.96. The van der Waals surface area contributed by atoms with Crippen molar-refractivity contribution in [1.82, 2.24) is 4.90 Å². The van der Waals surface area contributed by atoms with Crippen LogP contribution in [0.3, 0.4) is 0 Å². The van der Waals surface area contributed by atoms with Crippen molar-refractivity contribution in [2.24, 2.45) is 11.7 Å². The predicted octanol–water partition coefficient (Wildman–Crippen LogP) is 1.36. The summed E-state index contributed by atoms with van der Waals surface area (Å²) < 4.78 is 10.5. The number of aryl methyl sites for hydroxylation is 1. The zero-order valence-electron chi connectivity index (χ0n) is 13.7. The van der Waals surface area contributed by atoms with E-state index in [-0.39, 0.29) is 17.7 Å². The maximum Gasteiger partial charge on any atom is 0.222 e. The number of piperidine rings is 1. The number of carbonyl (C=O) groups excluding carboxylic acids is 2. The molecular formula is C17H24N2O4. The van der Waals surface area contributed by atoms with Crippen LogP contribution < -0.4 is 15.2 Å². The van der Waals surface area contributed by atoms with E-state index in [9.17, 15) is 9.59 Å². The molecule has 2 N–H and O–H groups in total. The summed E-state index contributed by atoms with van der Waals surface area (Å²) in [7, 11) is 3.21. The quantitative estimate of drug-likeness (QED) is 0.858. The molecule has 23 heavy (non-hydrogen) atoms. The topological polar surface area (TPSA) is 81.9 Å². The molecule has 1 saturated heterocycles. The summed E-state index contributed by atoms with van der Waals surface area (Å²) >= 11 is 0. The fraction of sp³-hybridized carbons (Fsp3) is 0.529. The van der Waals surface area contributed by atoms with Crippen LogP contribution in [0.2, 0.25) is 0 Å². The van der Waals surface area contributed by atoms with Crippen LogP contribution in [-0.4, -0.2) is 44.0 Å². The molecule has 0 bridgehead atoms. The molecule has 0 aromatic heterocycles. The molecular weight excluding hydrogens is 296 g/mol. The number of hydrogen-bond donors (Lipinski definition) is 1. The minimum atomic E-state index is -0.263. The smallest absolute Gasteiger partial charge is 0.222 e. The second-order valence-electron chi connectivity index (χ2n) is 5.78. The maximum atomic E-state index is 12.3. The number of ether oxygens (including phenoxy) is 2. The van der Waals surface area contributed by atoms with Gasteiger partial charge in [-0.05, 0) is 37.0 Å². The van der Waals surface area contributed by atoms with Gasteiger partial charge in [-0.1, -0.05) is 0 Å². The highest BCUT2D eigenvalue weighted by Crippen LogP contribution is 2.24. The largest absolute Gasteiger partial charge is 0.497 e. The molecule has 2 rings (SSSR count). The van der Waals surface area contributed by atoms with Gasteiger partial charge in [0.15, 0.2) is 0 Å². The summed E-state index contributed by atoms with van der Waals surface area (Å²) in [6.45, 7) is 1.21. The first-order valence-corrected chi connectivity index (χ1v) is 7.82. The summed E-state index contributed by atoms with van der Waals surface area (Å²) in [5, 5.41) is 0. The average molecular weight is 320 g/mol. The third-order valence-corrected chi connectivity index (χ3v) is 4.29. The lowest BCUT2D eigenvalue weighted by Crippen LogP contribution is -2.41. The van der Waals surface area contributed by atoms with Gasteiger partial charge in [-0.25, -0.2) is 0 Å². The predicted molar refractivity (Wildman–Crippen MR) is 86.4 cm³/mol. The van der Waals surface area contributed by atoms with Crippen LogP contribution in [0.25, 0.3) is 0 Å². The Labute approximate surface area is 136 Å². The molecule has 0 saturated carbocycles. The Morgan fingerprint density at radius 1 is 1.13 bits per heavy atom. The zero-order chi connectivity index (χ0) is 16.8. The molecule has 1 fully saturated rings. The SMILES string of the molecule is COc1cc(CCC(=O)N2CCC(C(N)=O)CC2)cc(OC)c1. The summed E-state index contributed by atoms with van der Waals surface area (Å²) in [6.07, 6.45) is 2.38. The molecule has 1 aromatic rings. The molecule has 1 heterocycles. The van der Waals surface area contributed by atoms with Crippen LogP contribution in [0.4, 0.5) is 0 Å². The lowest BCUT2D eigenvalue weighted by molar-refractivity contribution is -0.134. The molecule has 1 aliphatic rings. The number of rotatable bonds is 6. The van der Waals surface area contributed by atoms with Crippen LogP contribution in [-0.2, 0) is 16.0 Å². The average Bonchev–Trinajstić information content (AvgIpc) is 2.59. The van der Waals surface area contributed by atoms with Gasteiger partial charge >= 0.3 is 0 Å². The molecule has 0 radical (unpaired) electrons. The van der Waals surface area contributed by atoms with Crippen LogP contribution in [0, 0.1) is 5.92 Å². The Morgan fingerprint density at radius 3 is 2.17 bits per heavy atom. The van der Waals surface area contributed by atoms with Crippen molar-refractivity contribution in [1.29, 1.82) is 0 Å². The summed E-state index contributed by atoms with van der Waals surface area (Å²) in [5.74, 6) is 1.18. The van der Waals surface area contributed by atoms with Gasteiger partial charge in [0.1, 0.15) is 11.5 Å². The van der Waals surface area contributed by atoms with E-state index in [1.807, 2.05) is 17.0 Å². The minimum absolute atomic E-state index is 0.0957. The number of nitrogens with two attached hydrogens (primary N) is 1. The highest BCUT2D eigenvalue weighted by Gasteiger charge is 2.25. The Bertz CT molecular complexity index is 543. The second-order valence-corrected chi connectivity index (χ2v) is 5.78. The molecule has 1 aromatic carbocycles. The highest BCUT2D eigenvalue weighted by molar-refractivity contribution is 5.79. The van der Waals surface area contributed by atoms with E-state index in [4.69, 9.17) is 15.2 Å². The van der Waals surface area contributed by atoms with Crippen molar-refractivity contribution in [2.45, 2.75) is 25.7 Å². The van der Waals surface area contributed by atoms with Crippen molar-refractivity contribution >= 4 is 11.8 Å². The molecule has 0 unspecified atom stereocenters. The van der Waals surface area contributed by atoms with Crippen molar-refractivity contribution in [3.63, 3.8) is 0 Å². The molecule has 6 nitrogen and oxygen atoms in total. The van der Waals surface area contributed by atoms with E-state index < -0.39 is 0 Å². The third-order valence-electron chi connectivity index (χ3n) is 4.29. The number of benzene rings is 1. The number of carbonyl (C=O) groups is 2. The summed E-state index contributed by atoms with van der Waals surface area (Å²) in [5.41, 5.74) is 6.31. The van der Waals surface area contributed by atoms with Gasteiger partial charge in [0.25, 0.3) is 0 Å². The van der Waals surface area contributed by atoms with Gasteiger partial charge in [-0.3, -0.25) is 9.59 Å². The monoisotopic (exact) mass is 320 g/mol.